The highest BCUT2D eigenvalue weighted by atomic mass is 127. The fourth-order valence-electron chi connectivity index (χ4n) is 5.74. The predicted molar refractivity (Wildman–Crippen MR) is 96.7 cm³/mol. The summed E-state index contributed by atoms with van der Waals surface area (Å²) in [7, 11) is 0. The van der Waals surface area contributed by atoms with Crippen LogP contribution in [0, 0.1) is 26.7 Å². The van der Waals surface area contributed by atoms with Gasteiger partial charge >= 0.3 is 0 Å². The van der Waals surface area contributed by atoms with Crippen LogP contribution >= 0.6 is 22.6 Å². The van der Waals surface area contributed by atoms with Crippen molar-refractivity contribution in [3.05, 3.63) is 33.4 Å². The molecule has 0 aromatic heterocycles. The summed E-state index contributed by atoms with van der Waals surface area (Å²) in [5.41, 5.74) is 1.17. The number of rotatable bonds is 3. The second-order valence-electron chi connectivity index (χ2n) is 7.98. The molecule has 0 unspecified atom stereocenters. The lowest BCUT2D eigenvalue weighted by atomic mass is 9.48. The Bertz CT molecular complexity index is 544. The van der Waals surface area contributed by atoms with Crippen LogP contribution in [0.15, 0.2) is 24.3 Å². The van der Waals surface area contributed by atoms with E-state index in [2.05, 4.69) is 34.8 Å². The zero-order valence-corrected chi connectivity index (χ0v) is 15.3. The molecule has 1 amide bonds. The van der Waals surface area contributed by atoms with Crippen molar-refractivity contribution in [1.82, 2.24) is 5.32 Å². The van der Waals surface area contributed by atoms with E-state index in [4.69, 9.17) is 0 Å². The number of amides is 1. The van der Waals surface area contributed by atoms with Crippen LogP contribution in [0.3, 0.4) is 0 Å². The minimum absolute atomic E-state index is 0.0969. The molecule has 0 aliphatic heterocycles. The number of carbonyl (C=O) groups is 1. The van der Waals surface area contributed by atoms with E-state index in [0.29, 0.717) is 11.5 Å². The van der Waals surface area contributed by atoms with Gasteiger partial charge < -0.3 is 5.32 Å². The first-order valence-corrected chi connectivity index (χ1v) is 9.68. The average molecular weight is 409 g/mol. The maximum absolute atomic E-state index is 12.5. The maximum Gasteiger partial charge on any atom is 0.251 e. The van der Waals surface area contributed by atoms with Crippen LogP contribution in [0.1, 0.15) is 55.8 Å². The molecular formula is C19H24INO. The molecule has 2 nitrogen and oxygen atoms in total. The van der Waals surface area contributed by atoms with Crippen LogP contribution in [0.2, 0.25) is 0 Å². The number of carbonyl (C=O) groups excluding carboxylic acids is 1. The number of hydrogen-bond donors (Lipinski definition) is 1. The van der Waals surface area contributed by atoms with Gasteiger partial charge in [0, 0.05) is 15.2 Å². The molecule has 4 aliphatic carbocycles. The van der Waals surface area contributed by atoms with Crippen molar-refractivity contribution in [2.45, 2.75) is 51.5 Å². The zero-order valence-electron chi connectivity index (χ0n) is 13.1. The predicted octanol–water partition coefficient (Wildman–Crippen LogP) is 4.63. The zero-order chi connectivity index (χ0) is 15.3. The van der Waals surface area contributed by atoms with E-state index >= 15 is 0 Å². The van der Waals surface area contributed by atoms with E-state index in [1.807, 2.05) is 24.3 Å². The van der Waals surface area contributed by atoms with Gasteiger partial charge in [-0.3, -0.25) is 4.79 Å². The number of nitrogens with one attached hydrogen (secondary N) is 1. The van der Waals surface area contributed by atoms with Gasteiger partial charge in [0.15, 0.2) is 0 Å². The molecule has 0 saturated heterocycles. The van der Waals surface area contributed by atoms with Crippen molar-refractivity contribution in [3.63, 3.8) is 0 Å². The standard InChI is InChI=1S/C19H24INO/c1-12(21-18(22)16-2-4-17(20)5-3-16)19-9-13-6-14(10-19)8-15(7-13)11-19/h2-5,12-15H,6-11H2,1H3,(H,21,22)/t12-,13?,14?,15?,19?/m0/s1. The Kier molecular flexibility index (Phi) is 3.74. The summed E-state index contributed by atoms with van der Waals surface area (Å²) in [6.07, 6.45) is 8.39. The molecule has 1 atom stereocenters. The van der Waals surface area contributed by atoms with E-state index in [0.717, 1.165) is 23.3 Å². The Balaban J connectivity index is 1.49. The topological polar surface area (TPSA) is 29.1 Å². The highest BCUT2D eigenvalue weighted by Crippen LogP contribution is 2.61. The van der Waals surface area contributed by atoms with E-state index in [9.17, 15) is 4.79 Å². The Morgan fingerprint density at radius 1 is 1.09 bits per heavy atom. The first-order chi connectivity index (χ1) is 10.5. The van der Waals surface area contributed by atoms with Crippen molar-refractivity contribution >= 4 is 28.5 Å². The Hall–Kier alpha value is -0.580. The second-order valence-corrected chi connectivity index (χ2v) is 9.23. The third-order valence-electron chi connectivity index (χ3n) is 6.46. The summed E-state index contributed by atoms with van der Waals surface area (Å²) < 4.78 is 1.17. The molecule has 118 valence electrons. The van der Waals surface area contributed by atoms with Crippen molar-refractivity contribution in [2.24, 2.45) is 23.2 Å². The fourth-order valence-corrected chi connectivity index (χ4v) is 6.10. The quantitative estimate of drug-likeness (QED) is 0.725. The lowest BCUT2D eigenvalue weighted by Crippen LogP contribution is -2.55. The van der Waals surface area contributed by atoms with Gasteiger partial charge in [0.2, 0.25) is 0 Å². The van der Waals surface area contributed by atoms with Crippen LogP contribution in [0.4, 0.5) is 0 Å². The van der Waals surface area contributed by atoms with Gasteiger partial charge in [0.05, 0.1) is 0 Å². The van der Waals surface area contributed by atoms with Crippen LogP contribution in [-0.4, -0.2) is 11.9 Å². The smallest absolute Gasteiger partial charge is 0.251 e. The molecule has 1 aromatic rings. The third kappa shape index (κ3) is 2.59. The molecule has 4 fully saturated rings. The minimum Gasteiger partial charge on any atom is -0.349 e. The molecule has 1 aromatic carbocycles. The first kappa shape index (κ1) is 15.0. The van der Waals surface area contributed by atoms with E-state index in [1.54, 1.807) is 0 Å². The van der Waals surface area contributed by atoms with Crippen molar-refractivity contribution in [3.8, 4) is 0 Å². The average Bonchev–Trinajstić information content (AvgIpc) is 2.46. The van der Waals surface area contributed by atoms with Gasteiger partial charge in [-0.25, -0.2) is 0 Å². The molecule has 0 spiro atoms. The SMILES string of the molecule is C[C@H](NC(=O)c1ccc(I)cc1)C12CC3CC(CC(C3)C1)C2. The highest BCUT2D eigenvalue weighted by Gasteiger charge is 2.53. The van der Waals surface area contributed by atoms with Crippen LogP contribution in [0.5, 0.6) is 0 Å². The number of halogens is 1. The van der Waals surface area contributed by atoms with Crippen LogP contribution in [-0.2, 0) is 0 Å². The van der Waals surface area contributed by atoms with Crippen molar-refractivity contribution in [1.29, 1.82) is 0 Å². The molecule has 4 aliphatic rings. The maximum atomic E-state index is 12.5. The lowest BCUT2D eigenvalue weighted by molar-refractivity contribution is -0.0688. The summed E-state index contributed by atoms with van der Waals surface area (Å²) in [4.78, 5) is 12.5. The van der Waals surface area contributed by atoms with Crippen LogP contribution in [0.25, 0.3) is 0 Å². The van der Waals surface area contributed by atoms with Crippen molar-refractivity contribution in [2.75, 3.05) is 0 Å². The molecule has 3 heteroatoms. The molecule has 4 bridgehead atoms. The molecule has 4 saturated carbocycles. The Labute approximate surface area is 146 Å². The van der Waals surface area contributed by atoms with Crippen molar-refractivity contribution < 1.29 is 4.79 Å². The second kappa shape index (κ2) is 5.50. The van der Waals surface area contributed by atoms with Gasteiger partial charge in [-0.05, 0) is 115 Å². The van der Waals surface area contributed by atoms with Gasteiger partial charge in [0.1, 0.15) is 0 Å². The largest absolute Gasteiger partial charge is 0.349 e. The molecule has 0 radical (unpaired) electrons. The molecule has 0 heterocycles. The summed E-state index contributed by atoms with van der Waals surface area (Å²) >= 11 is 2.27. The van der Waals surface area contributed by atoms with E-state index < -0.39 is 0 Å². The first-order valence-electron chi connectivity index (χ1n) is 8.60. The fraction of sp³-hybridized carbons (Fsp3) is 0.632. The summed E-state index contributed by atoms with van der Waals surface area (Å²) in [6, 6.07) is 8.18. The molecule has 22 heavy (non-hydrogen) atoms. The summed E-state index contributed by atoms with van der Waals surface area (Å²) in [6.45, 7) is 2.25. The summed E-state index contributed by atoms with van der Waals surface area (Å²) in [5, 5.41) is 3.33. The molecule has 1 N–H and O–H groups in total. The van der Waals surface area contributed by atoms with E-state index in [1.165, 1.54) is 42.1 Å². The van der Waals surface area contributed by atoms with Gasteiger partial charge in [0.25, 0.3) is 5.91 Å². The molecular weight excluding hydrogens is 385 g/mol. The molecule has 5 rings (SSSR count). The van der Waals surface area contributed by atoms with Gasteiger partial charge in [-0.15, -0.1) is 0 Å². The third-order valence-corrected chi connectivity index (χ3v) is 7.18. The minimum atomic E-state index is 0.0969. The monoisotopic (exact) mass is 409 g/mol. The Morgan fingerprint density at radius 2 is 1.59 bits per heavy atom. The summed E-state index contributed by atoms with van der Waals surface area (Å²) in [5.74, 6) is 2.90. The van der Waals surface area contributed by atoms with Gasteiger partial charge in [-0.1, -0.05) is 0 Å². The number of benzene rings is 1. The van der Waals surface area contributed by atoms with Gasteiger partial charge in [-0.2, -0.15) is 0 Å². The van der Waals surface area contributed by atoms with Crippen LogP contribution < -0.4 is 5.32 Å². The van der Waals surface area contributed by atoms with E-state index in [-0.39, 0.29) is 5.91 Å². The highest BCUT2D eigenvalue weighted by molar-refractivity contribution is 14.1. The number of hydrogen-bond acceptors (Lipinski definition) is 1. The Morgan fingerprint density at radius 3 is 2.09 bits per heavy atom. The normalized spacial score (nSPS) is 37.1. The lowest BCUT2D eigenvalue weighted by Gasteiger charge is -2.59.